The van der Waals surface area contributed by atoms with E-state index in [1.54, 1.807) is 0 Å². The monoisotopic (exact) mass is 269 g/mol. The summed E-state index contributed by atoms with van der Waals surface area (Å²) < 4.78 is 5.63. The summed E-state index contributed by atoms with van der Waals surface area (Å²) in [5.41, 5.74) is 0. The maximum Gasteiger partial charge on any atom is 0.137 e. The second kappa shape index (κ2) is 10.2. The smallest absolute Gasteiger partial charge is 0.137 e. The molecule has 18 heavy (non-hydrogen) atoms. The average molecular weight is 270 g/mol. The van der Waals surface area contributed by atoms with Gasteiger partial charge in [-0.05, 0) is 50.9 Å². The molecule has 1 N–H and O–H groups in total. The molecule has 0 fully saturated rings. The van der Waals surface area contributed by atoms with Crippen molar-refractivity contribution in [1.29, 1.82) is 0 Å². The van der Waals surface area contributed by atoms with Gasteiger partial charge in [-0.25, -0.2) is 0 Å². The summed E-state index contributed by atoms with van der Waals surface area (Å²) in [7, 11) is 0. The van der Waals surface area contributed by atoms with Gasteiger partial charge >= 0.3 is 0 Å². The molecule has 0 saturated carbocycles. The van der Waals surface area contributed by atoms with Crippen LogP contribution < -0.4 is 10.1 Å². The van der Waals surface area contributed by atoms with E-state index in [4.69, 9.17) is 16.3 Å². The molecule has 0 heterocycles. The fraction of sp³-hybridized carbons (Fsp3) is 0.600. The minimum Gasteiger partial charge on any atom is -0.492 e. The van der Waals surface area contributed by atoms with Crippen molar-refractivity contribution in [3.63, 3.8) is 0 Å². The van der Waals surface area contributed by atoms with E-state index in [1.165, 1.54) is 25.7 Å². The van der Waals surface area contributed by atoms with Gasteiger partial charge in [-0.1, -0.05) is 37.1 Å². The van der Waals surface area contributed by atoms with Gasteiger partial charge in [0.1, 0.15) is 5.75 Å². The van der Waals surface area contributed by atoms with Gasteiger partial charge in [-0.15, -0.1) is 0 Å². The maximum atomic E-state index is 6.00. The molecule has 0 bridgehead atoms. The minimum absolute atomic E-state index is 0.693. The quantitative estimate of drug-likeness (QED) is 0.640. The molecule has 0 amide bonds. The summed E-state index contributed by atoms with van der Waals surface area (Å²) in [4.78, 5) is 0. The van der Waals surface area contributed by atoms with E-state index < -0.39 is 0 Å². The Bertz CT molecular complexity index is 317. The summed E-state index contributed by atoms with van der Waals surface area (Å²) in [6, 6.07) is 7.62. The number of hydrogen-bond donors (Lipinski definition) is 1. The standard InChI is InChI=1S/C15H24ClNO/c1-2-3-11-17-12-7-4-8-13-18-15-10-6-5-9-14(15)16/h5-6,9-10,17H,2-4,7-8,11-13H2,1H3. The van der Waals surface area contributed by atoms with Crippen LogP contribution in [0.4, 0.5) is 0 Å². The molecule has 0 aliphatic rings. The second-order valence-electron chi connectivity index (χ2n) is 4.44. The molecule has 1 aromatic carbocycles. The Balaban J connectivity index is 1.94. The number of hydrogen-bond acceptors (Lipinski definition) is 2. The molecule has 1 rings (SSSR count). The van der Waals surface area contributed by atoms with Crippen molar-refractivity contribution in [2.75, 3.05) is 19.7 Å². The van der Waals surface area contributed by atoms with Crippen LogP contribution in [0.5, 0.6) is 5.75 Å². The van der Waals surface area contributed by atoms with Gasteiger partial charge in [0.05, 0.1) is 11.6 Å². The third kappa shape index (κ3) is 6.87. The fourth-order valence-corrected chi connectivity index (χ4v) is 1.89. The van der Waals surface area contributed by atoms with E-state index >= 15 is 0 Å². The molecule has 0 unspecified atom stereocenters. The molecule has 0 aromatic heterocycles. The molecular weight excluding hydrogens is 246 g/mol. The zero-order valence-electron chi connectivity index (χ0n) is 11.3. The van der Waals surface area contributed by atoms with Crippen LogP contribution in [0.15, 0.2) is 24.3 Å². The Kier molecular flexibility index (Phi) is 8.70. The predicted molar refractivity (Wildman–Crippen MR) is 78.6 cm³/mol. The highest BCUT2D eigenvalue weighted by atomic mass is 35.5. The van der Waals surface area contributed by atoms with Gasteiger partial charge in [-0.3, -0.25) is 0 Å². The number of ether oxygens (including phenoxy) is 1. The first-order valence-electron chi connectivity index (χ1n) is 6.92. The lowest BCUT2D eigenvalue weighted by Gasteiger charge is -2.07. The van der Waals surface area contributed by atoms with Crippen LogP contribution in [0.1, 0.15) is 39.0 Å². The van der Waals surface area contributed by atoms with E-state index in [1.807, 2.05) is 24.3 Å². The van der Waals surface area contributed by atoms with Gasteiger partial charge in [0.2, 0.25) is 0 Å². The lowest BCUT2D eigenvalue weighted by molar-refractivity contribution is 0.305. The molecule has 0 saturated heterocycles. The second-order valence-corrected chi connectivity index (χ2v) is 4.85. The largest absolute Gasteiger partial charge is 0.492 e. The van der Waals surface area contributed by atoms with Crippen molar-refractivity contribution >= 4 is 11.6 Å². The summed E-state index contributed by atoms with van der Waals surface area (Å²) in [6.07, 6.45) is 6.04. The highest BCUT2D eigenvalue weighted by Crippen LogP contribution is 2.23. The average Bonchev–Trinajstić information content (AvgIpc) is 2.39. The van der Waals surface area contributed by atoms with Crippen LogP contribution in [-0.4, -0.2) is 19.7 Å². The number of unbranched alkanes of at least 4 members (excludes halogenated alkanes) is 3. The van der Waals surface area contributed by atoms with E-state index in [-0.39, 0.29) is 0 Å². The van der Waals surface area contributed by atoms with Crippen LogP contribution in [0.2, 0.25) is 5.02 Å². The van der Waals surface area contributed by atoms with Crippen molar-refractivity contribution in [2.24, 2.45) is 0 Å². The molecule has 0 aliphatic carbocycles. The zero-order valence-corrected chi connectivity index (χ0v) is 12.0. The Hall–Kier alpha value is -0.730. The first-order valence-corrected chi connectivity index (χ1v) is 7.30. The Morgan fingerprint density at radius 2 is 1.83 bits per heavy atom. The number of rotatable bonds is 10. The van der Waals surface area contributed by atoms with Crippen molar-refractivity contribution < 1.29 is 4.74 Å². The van der Waals surface area contributed by atoms with Crippen molar-refractivity contribution in [3.05, 3.63) is 29.3 Å². The summed E-state index contributed by atoms with van der Waals surface area (Å²) in [5.74, 6) is 0.792. The van der Waals surface area contributed by atoms with Crippen LogP contribution in [-0.2, 0) is 0 Å². The Morgan fingerprint density at radius 3 is 2.61 bits per heavy atom. The number of para-hydroxylation sites is 1. The van der Waals surface area contributed by atoms with Crippen LogP contribution in [0, 0.1) is 0 Å². The molecule has 3 heteroatoms. The predicted octanol–water partition coefficient (Wildman–Crippen LogP) is 4.28. The molecule has 1 aromatic rings. The molecular formula is C15H24ClNO. The van der Waals surface area contributed by atoms with Gasteiger partial charge in [0.25, 0.3) is 0 Å². The summed E-state index contributed by atoms with van der Waals surface area (Å²) in [5, 5.41) is 4.14. The van der Waals surface area contributed by atoms with E-state index in [2.05, 4.69) is 12.2 Å². The van der Waals surface area contributed by atoms with E-state index in [9.17, 15) is 0 Å². The van der Waals surface area contributed by atoms with Gasteiger partial charge in [0.15, 0.2) is 0 Å². The SMILES string of the molecule is CCCCNCCCCCOc1ccccc1Cl. The van der Waals surface area contributed by atoms with Crippen molar-refractivity contribution in [2.45, 2.75) is 39.0 Å². The number of nitrogens with one attached hydrogen (secondary N) is 1. The fourth-order valence-electron chi connectivity index (χ4n) is 1.70. The molecule has 0 spiro atoms. The lowest BCUT2D eigenvalue weighted by atomic mass is 10.2. The highest BCUT2D eigenvalue weighted by Gasteiger charge is 1.98. The highest BCUT2D eigenvalue weighted by molar-refractivity contribution is 6.32. The van der Waals surface area contributed by atoms with E-state index in [0.717, 1.165) is 31.9 Å². The summed E-state index contributed by atoms with van der Waals surface area (Å²) >= 11 is 6.00. The molecule has 2 nitrogen and oxygen atoms in total. The van der Waals surface area contributed by atoms with Crippen molar-refractivity contribution in [3.8, 4) is 5.75 Å². The molecule has 0 radical (unpaired) electrons. The first kappa shape index (κ1) is 15.3. The number of benzene rings is 1. The molecule has 0 atom stereocenters. The van der Waals surface area contributed by atoms with Crippen molar-refractivity contribution in [1.82, 2.24) is 5.32 Å². The Labute approximate surface area is 116 Å². The maximum absolute atomic E-state index is 6.00. The zero-order chi connectivity index (χ0) is 13.1. The number of halogens is 1. The first-order chi connectivity index (χ1) is 8.84. The van der Waals surface area contributed by atoms with Gasteiger partial charge < -0.3 is 10.1 Å². The van der Waals surface area contributed by atoms with Gasteiger partial charge in [0, 0.05) is 0 Å². The van der Waals surface area contributed by atoms with Crippen LogP contribution in [0.25, 0.3) is 0 Å². The van der Waals surface area contributed by atoms with Crippen LogP contribution in [0.3, 0.4) is 0 Å². The Morgan fingerprint density at radius 1 is 1.06 bits per heavy atom. The lowest BCUT2D eigenvalue weighted by Crippen LogP contribution is -2.16. The topological polar surface area (TPSA) is 21.3 Å². The normalized spacial score (nSPS) is 10.6. The summed E-state index contributed by atoms with van der Waals surface area (Å²) in [6.45, 7) is 5.23. The third-order valence-corrected chi connectivity index (χ3v) is 3.11. The minimum atomic E-state index is 0.693. The van der Waals surface area contributed by atoms with Crippen LogP contribution >= 0.6 is 11.6 Å². The van der Waals surface area contributed by atoms with Gasteiger partial charge in [-0.2, -0.15) is 0 Å². The van der Waals surface area contributed by atoms with E-state index in [0.29, 0.717) is 5.02 Å². The molecule has 102 valence electrons. The third-order valence-electron chi connectivity index (χ3n) is 2.80. The molecule has 0 aliphatic heterocycles.